The number of hydrogen-bond acceptors (Lipinski definition) is 5. The maximum absolute atomic E-state index is 14.1. The van der Waals surface area contributed by atoms with Gasteiger partial charge in [-0.05, 0) is 24.1 Å². The van der Waals surface area contributed by atoms with Gasteiger partial charge < -0.3 is 10.1 Å². The smallest absolute Gasteiger partial charge is 0.309 e. The van der Waals surface area contributed by atoms with Gasteiger partial charge >= 0.3 is 5.97 Å². The second kappa shape index (κ2) is 6.78. The molecular formula is C15H16FN3O2. The highest BCUT2D eigenvalue weighted by atomic mass is 19.1. The lowest BCUT2D eigenvalue weighted by Crippen LogP contribution is -2.05. The van der Waals surface area contributed by atoms with E-state index in [1.807, 2.05) is 6.92 Å². The van der Waals surface area contributed by atoms with Crippen LogP contribution in [-0.2, 0) is 22.4 Å². The molecule has 1 aromatic heterocycles. The number of anilines is 2. The Labute approximate surface area is 122 Å². The molecule has 21 heavy (non-hydrogen) atoms. The van der Waals surface area contributed by atoms with E-state index in [0.29, 0.717) is 17.8 Å². The van der Waals surface area contributed by atoms with Crippen LogP contribution < -0.4 is 5.32 Å². The molecule has 110 valence electrons. The number of nitrogens with one attached hydrogen (secondary N) is 1. The van der Waals surface area contributed by atoms with Gasteiger partial charge in [0, 0.05) is 5.69 Å². The van der Waals surface area contributed by atoms with Crippen molar-refractivity contribution in [2.45, 2.75) is 19.8 Å². The molecule has 0 aliphatic heterocycles. The summed E-state index contributed by atoms with van der Waals surface area (Å²) >= 11 is 0. The molecule has 1 N–H and O–H groups in total. The van der Waals surface area contributed by atoms with E-state index < -0.39 is 5.82 Å². The van der Waals surface area contributed by atoms with Crippen LogP contribution in [0.4, 0.5) is 15.9 Å². The molecule has 0 aliphatic rings. The third-order valence-corrected chi connectivity index (χ3v) is 2.96. The standard InChI is InChI=1S/C15H16FN3O2/c1-3-12-14(16)15(18-9-17-12)19-11-6-4-5-10(7-11)8-13(20)21-2/h4-7,9H,3,8H2,1-2H3,(H,17,18,19). The number of methoxy groups -OCH3 is 1. The van der Waals surface area contributed by atoms with Crippen molar-refractivity contribution in [3.63, 3.8) is 0 Å². The highest BCUT2D eigenvalue weighted by Gasteiger charge is 2.10. The Morgan fingerprint density at radius 3 is 2.90 bits per heavy atom. The van der Waals surface area contributed by atoms with E-state index >= 15 is 0 Å². The summed E-state index contributed by atoms with van der Waals surface area (Å²) in [6, 6.07) is 7.11. The molecule has 2 rings (SSSR count). The minimum absolute atomic E-state index is 0.122. The van der Waals surface area contributed by atoms with E-state index in [2.05, 4.69) is 20.0 Å². The molecule has 1 heterocycles. The molecule has 0 amide bonds. The summed E-state index contributed by atoms with van der Waals surface area (Å²) in [7, 11) is 1.34. The summed E-state index contributed by atoms with van der Waals surface area (Å²) < 4.78 is 18.7. The molecule has 6 heteroatoms. The summed E-state index contributed by atoms with van der Waals surface area (Å²) in [6.07, 6.45) is 1.98. The number of aryl methyl sites for hydroxylation is 1. The first kappa shape index (κ1) is 14.9. The Bertz CT molecular complexity index is 647. The minimum atomic E-state index is -0.460. The van der Waals surface area contributed by atoms with Crippen molar-refractivity contribution in [1.29, 1.82) is 0 Å². The topological polar surface area (TPSA) is 64.1 Å². The summed E-state index contributed by atoms with van der Waals surface area (Å²) in [5.41, 5.74) is 1.78. The lowest BCUT2D eigenvalue weighted by atomic mass is 10.1. The molecule has 5 nitrogen and oxygen atoms in total. The molecule has 0 saturated heterocycles. The maximum Gasteiger partial charge on any atom is 0.309 e. The summed E-state index contributed by atoms with van der Waals surface area (Å²) in [5.74, 6) is -0.663. The van der Waals surface area contributed by atoms with Crippen LogP contribution in [0.1, 0.15) is 18.2 Å². The maximum atomic E-state index is 14.1. The second-order valence-corrected chi connectivity index (χ2v) is 4.41. The first-order chi connectivity index (χ1) is 10.1. The van der Waals surface area contributed by atoms with Gasteiger partial charge in [-0.25, -0.2) is 14.4 Å². The molecule has 0 aliphatic carbocycles. The zero-order valence-electron chi connectivity index (χ0n) is 11.9. The molecule has 0 saturated carbocycles. The number of nitrogens with zero attached hydrogens (tertiary/aromatic N) is 2. The molecular weight excluding hydrogens is 273 g/mol. The van der Waals surface area contributed by atoms with E-state index in [-0.39, 0.29) is 18.2 Å². The Balaban J connectivity index is 2.20. The molecule has 0 atom stereocenters. The number of ether oxygens (including phenoxy) is 1. The second-order valence-electron chi connectivity index (χ2n) is 4.41. The third kappa shape index (κ3) is 3.75. The van der Waals surface area contributed by atoms with E-state index in [4.69, 9.17) is 0 Å². The number of esters is 1. The van der Waals surface area contributed by atoms with Crippen LogP contribution >= 0.6 is 0 Å². The van der Waals surface area contributed by atoms with Crippen LogP contribution in [-0.4, -0.2) is 23.0 Å². The fourth-order valence-electron chi connectivity index (χ4n) is 1.87. The Hall–Kier alpha value is -2.50. The Kier molecular flexibility index (Phi) is 4.81. The number of hydrogen-bond donors (Lipinski definition) is 1. The average molecular weight is 289 g/mol. The highest BCUT2D eigenvalue weighted by Crippen LogP contribution is 2.20. The zero-order valence-corrected chi connectivity index (χ0v) is 11.9. The number of rotatable bonds is 5. The van der Waals surface area contributed by atoms with Gasteiger partial charge in [0.2, 0.25) is 0 Å². The first-order valence-corrected chi connectivity index (χ1v) is 6.56. The lowest BCUT2D eigenvalue weighted by molar-refractivity contribution is -0.139. The monoisotopic (exact) mass is 289 g/mol. The zero-order chi connectivity index (χ0) is 15.2. The van der Waals surface area contributed by atoms with Crippen molar-refractivity contribution in [2.24, 2.45) is 0 Å². The van der Waals surface area contributed by atoms with Gasteiger partial charge in [0.15, 0.2) is 11.6 Å². The van der Waals surface area contributed by atoms with Gasteiger partial charge in [0.05, 0.1) is 19.2 Å². The molecule has 0 bridgehead atoms. The van der Waals surface area contributed by atoms with Crippen molar-refractivity contribution in [3.8, 4) is 0 Å². The lowest BCUT2D eigenvalue weighted by Gasteiger charge is -2.09. The molecule has 2 aromatic rings. The summed E-state index contributed by atoms with van der Waals surface area (Å²) in [4.78, 5) is 19.0. The van der Waals surface area contributed by atoms with E-state index in [1.54, 1.807) is 24.3 Å². The molecule has 1 aromatic carbocycles. The largest absolute Gasteiger partial charge is 0.469 e. The fourth-order valence-corrected chi connectivity index (χ4v) is 1.87. The van der Waals surface area contributed by atoms with Gasteiger partial charge in [0.25, 0.3) is 0 Å². The van der Waals surface area contributed by atoms with Crippen LogP contribution in [0.15, 0.2) is 30.6 Å². The predicted molar refractivity (Wildman–Crippen MR) is 76.8 cm³/mol. The van der Waals surface area contributed by atoms with Gasteiger partial charge in [-0.15, -0.1) is 0 Å². The number of carbonyl (C=O) groups excluding carboxylic acids is 1. The fraction of sp³-hybridized carbons (Fsp3) is 0.267. The molecule has 0 unspecified atom stereocenters. The minimum Gasteiger partial charge on any atom is -0.469 e. The average Bonchev–Trinajstić information content (AvgIpc) is 2.49. The Morgan fingerprint density at radius 2 is 2.19 bits per heavy atom. The van der Waals surface area contributed by atoms with Crippen LogP contribution in [0.5, 0.6) is 0 Å². The molecule has 0 spiro atoms. The number of benzene rings is 1. The van der Waals surface area contributed by atoms with Crippen molar-refractivity contribution < 1.29 is 13.9 Å². The van der Waals surface area contributed by atoms with Gasteiger partial charge in [-0.2, -0.15) is 0 Å². The SMILES string of the molecule is CCc1ncnc(Nc2cccc(CC(=O)OC)c2)c1F. The molecule has 0 radical (unpaired) electrons. The van der Waals surface area contributed by atoms with Gasteiger partial charge in [0.1, 0.15) is 6.33 Å². The normalized spacial score (nSPS) is 10.2. The number of aromatic nitrogens is 2. The van der Waals surface area contributed by atoms with Crippen molar-refractivity contribution >= 4 is 17.5 Å². The van der Waals surface area contributed by atoms with Crippen molar-refractivity contribution in [2.75, 3.05) is 12.4 Å². The predicted octanol–water partition coefficient (Wildman–Crippen LogP) is 2.64. The number of halogens is 1. The van der Waals surface area contributed by atoms with Crippen LogP contribution in [0.3, 0.4) is 0 Å². The van der Waals surface area contributed by atoms with Crippen molar-refractivity contribution in [1.82, 2.24) is 9.97 Å². The third-order valence-electron chi connectivity index (χ3n) is 2.96. The molecule has 0 fully saturated rings. The quantitative estimate of drug-likeness (QED) is 0.857. The van der Waals surface area contributed by atoms with Gasteiger partial charge in [-0.1, -0.05) is 19.1 Å². The first-order valence-electron chi connectivity index (χ1n) is 6.56. The Morgan fingerprint density at radius 1 is 1.38 bits per heavy atom. The van der Waals surface area contributed by atoms with Crippen LogP contribution in [0.25, 0.3) is 0 Å². The highest BCUT2D eigenvalue weighted by molar-refractivity contribution is 5.73. The van der Waals surface area contributed by atoms with Crippen LogP contribution in [0, 0.1) is 5.82 Å². The van der Waals surface area contributed by atoms with Crippen LogP contribution in [0.2, 0.25) is 0 Å². The van der Waals surface area contributed by atoms with E-state index in [0.717, 1.165) is 5.56 Å². The van der Waals surface area contributed by atoms with Gasteiger partial charge in [-0.3, -0.25) is 4.79 Å². The summed E-state index contributed by atoms with van der Waals surface area (Å²) in [6.45, 7) is 1.83. The van der Waals surface area contributed by atoms with Crippen molar-refractivity contribution in [3.05, 3.63) is 47.7 Å². The number of carbonyl (C=O) groups is 1. The van der Waals surface area contributed by atoms with E-state index in [1.165, 1.54) is 13.4 Å². The summed E-state index contributed by atoms with van der Waals surface area (Å²) in [5, 5.41) is 2.90. The van der Waals surface area contributed by atoms with E-state index in [9.17, 15) is 9.18 Å².